The van der Waals surface area contributed by atoms with E-state index in [4.69, 9.17) is 9.57 Å². The van der Waals surface area contributed by atoms with Crippen LogP contribution >= 0.6 is 0 Å². The fourth-order valence-electron chi connectivity index (χ4n) is 3.60. The van der Waals surface area contributed by atoms with E-state index < -0.39 is 29.2 Å². The number of hydrogen-bond acceptors (Lipinski definition) is 8. The Hall–Kier alpha value is -3.08. The molecule has 1 aromatic heterocycles. The number of hydrogen-bond donors (Lipinski definition) is 1. The molecule has 0 bridgehead atoms. The van der Waals surface area contributed by atoms with Crippen LogP contribution in [0.25, 0.3) is 0 Å². The summed E-state index contributed by atoms with van der Waals surface area (Å²) in [6.07, 6.45) is 2.25. The fourth-order valence-corrected chi connectivity index (χ4v) is 3.60. The number of carbonyl (C=O) groups excluding carboxylic acids is 1. The lowest BCUT2D eigenvalue weighted by Gasteiger charge is -2.34. The molecule has 186 valence electrons. The van der Waals surface area contributed by atoms with Gasteiger partial charge in [-0.25, -0.2) is 27.9 Å². The Morgan fingerprint density at radius 1 is 1.12 bits per heavy atom. The number of nitrogens with one attached hydrogen (secondary N) is 1. The molecule has 0 unspecified atom stereocenters. The van der Waals surface area contributed by atoms with Gasteiger partial charge in [0.05, 0.1) is 5.69 Å². The summed E-state index contributed by atoms with van der Waals surface area (Å²) in [7, 11) is 0. The summed E-state index contributed by atoms with van der Waals surface area (Å²) < 4.78 is 45.8. The van der Waals surface area contributed by atoms with Crippen LogP contribution in [0.2, 0.25) is 0 Å². The third-order valence-electron chi connectivity index (χ3n) is 5.28. The highest BCUT2D eigenvalue weighted by Crippen LogP contribution is 2.25. The molecule has 0 aliphatic carbocycles. The van der Waals surface area contributed by atoms with Gasteiger partial charge in [-0.3, -0.25) is 0 Å². The molecule has 0 spiro atoms. The van der Waals surface area contributed by atoms with Crippen molar-refractivity contribution in [1.29, 1.82) is 0 Å². The van der Waals surface area contributed by atoms with E-state index in [1.807, 2.05) is 6.92 Å². The minimum Gasteiger partial charge on any atom is -0.427 e. The molecule has 0 saturated carbocycles. The number of halogens is 3. The van der Waals surface area contributed by atoms with Gasteiger partial charge < -0.3 is 19.8 Å². The van der Waals surface area contributed by atoms with Crippen molar-refractivity contribution in [2.75, 3.05) is 36.4 Å². The van der Waals surface area contributed by atoms with Crippen LogP contribution in [-0.2, 0) is 9.57 Å². The maximum Gasteiger partial charge on any atom is 0.528 e. The van der Waals surface area contributed by atoms with Gasteiger partial charge in [-0.2, -0.15) is 0 Å². The van der Waals surface area contributed by atoms with E-state index >= 15 is 0 Å². The average molecular weight is 482 g/mol. The van der Waals surface area contributed by atoms with Crippen LogP contribution < -0.4 is 10.2 Å². The Balaban J connectivity index is 1.57. The monoisotopic (exact) mass is 481 g/mol. The number of hydroxylamine groups is 2. The maximum atomic E-state index is 14.0. The van der Waals surface area contributed by atoms with Crippen molar-refractivity contribution in [3.63, 3.8) is 0 Å². The van der Waals surface area contributed by atoms with E-state index in [1.54, 1.807) is 31.9 Å². The van der Waals surface area contributed by atoms with Crippen LogP contribution in [0.5, 0.6) is 0 Å². The number of anilines is 3. The zero-order chi connectivity index (χ0) is 24.9. The van der Waals surface area contributed by atoms with E-state index in [1.165, 1.54) is 6.33 Å². The Morgan fingerprint density at radius 2 is 1.79 bits per heavy atom. The van der Waals surface area contributed by atoms with Gasteiger partial charge >= 0.3 is 6.16 Å². The topological polar surface area (TPSA) is 79.8 Å². The van der Waals surface area contributed by atoms with Crippen LogP contribution in [0.3, 0.4) is 0 Å². The van der Waals surface area contributed by atoms with Crippen LogP contribution in [-0.4, -0.2) is 53.0 Å². The SMILES string of the molecule is CCN(CC1CCN(OC(=O)OC(C)(C)C)CC1)c1cc(Nc2cc(F)c(F)cc2F)ncn1. The van der Waals surface area contributed by atoms with E-state index in [0.29, 0.717) is 44.0 Å². The third-order valence-corrected chi connectivity index (χ3v) is 5.28. The third kappa shape index (κ3) is 7.21. The molecule has 34 heavy (non-hydrogen) atoms. The van der Waals surface area contributed by atoms with E-state index in [-0.39, 0.29) is 11.5 Å². The lowest BCUT2D eigenvalue weighted by atomic mass is 9.97. The number of aromatic nitrogens is 2. The highest BCUT2D eigenvalue weighted by Gasteiger charge is 2.26. The summed E-state index contributed by atoms with van der Waals surface area (Å²) in [5.74, 6) is -2.12. The highest BCUT2D eigenvalue weighted by atomic mass is 19.2. The summed E-state index contributed by atoms with van der Waals surface area (Å²) in [5.41, 5.74) is -0.831. The molecule has 1 aliphatic heterocycles. The first-order chi connectivity index (χ1) is 16.0. The number of ether oxygens (including phenoxy) is 1. The lowest BCUT2D eigenvalue weighted by Crippen LogP contribution is -2.40. The molecule has 2 heterocycles. The smallest absolute Gasteiger partial charge is 0.427 e. The molecule has 1 N–H and O–H groups in total. The highest BCUT2D eigenvalue weighted by molar-refractivity contribution is 5.60. The number of piperidine rings is 1. The first-order valence-electron chi connectivity index (χ1n) is 11.2. The van der Waals surface area contributed by atoms with Gasteiger partial charge in [0, 0.05) is 44.4 Å². The normalized spacial score (nSPS) is 15.1. The van der Waals surface area contributed by atoms with Gasteiger partial charge in [-0.1, -0.05) is 0 Å². The Labute approximate surface area is 197 Å². The second-order valence-corrected chi connectivity index (χ2v) is 9.10. The fraction of sp³-hybridized carbons (Fsp3) is 0.522. The molecule has 1 saturated heterocycles. The van der Waals surface area contributed by atoms with Gasteiger partial charge in [-0.15, -0.1) is 5.06 Å². The zero-order valence-corrected chi connectivity index (χ0v) is 19.8. The molecule has 1 aromatic carbocycles. The molecular weight excluding hydrogens is 451 g/mol. The Morgan fingerprint density at radius 3 is 2.44 bits per heavy atom. The molecule has 8 nitrogen and oxygen atoms in total. The van der Waals surface area contributed by atoms with Crippen LogP contribution in [0, 0.1) is 23.4 Å². The summed E-state index contributed by atoms with van der Waals surface area (Å²) in [4.78, 5) is 27.6. The second kappa shape index (κ2) is 10.9. The second-order valence-electron chi connectivity index (χ2n) is 9.10. The maximum absolute atomic E-state index is 14.0. The van der Waals surface area contributed by atoms with Crippen molar-refractivity contribution in [2.45, 2.75) is 46.1 Å². The largest absolute Gasteiger partial charge is 0.528 e. The van der Waals surface area contributed by atoms with Crippen LogP contribution in [0.4, 0.5) is 35.3 Å². The van der Waals surface area contributed by atoms with Crippen molar-refractivity contribution in [3.8, 4) is 0 Å². The van der Waals surface area contributed by atoms with Gasteiger partial charge in [0.15, 0.2) is 11.6 Å². The molecule has 1 fully saturated rings. The number of rotatable bonds is 7. The molecule has 0 amide bonds. The molecule has 3 rings (SSSR count). The molecule has 0 radical (unpaired) electrons. The van der Waals surface area contributed by atoms with Crippen molar-refractivity contribution in [3.05, 3.63) is 42.0 Å². The van der Waals surface area contributed by atoms with Gasteiger partial charge in [-0.05, 0) is 46.5 Å². The first kappa shape index (κ1) is 25.5. The van der Waals surface area contributed by atoms with Crippen LogP contribution in [0.1, 0.15) is 40.5 Å². The van der Waals surface area contributed by atoms with Crippen molar-refractivity contribution < 1.29 is 27.5 Å². The standard InChI is InChI=1S/C23H30F3N5O3/c1-5-30(13-15-6-8-31(9-7-15)34-22(32)33-23(2,3)4)21-12-20(27-14-28-21)29-19-11-17(25)16(24)10-18(19)26/h10-12,14-15H,5-9,13H2,1-4H3,(H,27,28,29). The minimum absolute atomic E-state index is 0.219. The average Bonchev–Trinajstić information content (AvgIpc) is 2.76. The lowest BCUT2D eigenvalue weighted by molar-refractivity contribution is -0.154. The summed E-state index contributed by atoms with van der Waals surface area (Å²) in [5, 5.41) is 4.29. The summed E-state index contributed by atoms with van der Waals surface area (Å²) in [6.45, 7) is 9.90. The molecule has 2 aromatic rings. The summed E-state index contributed by atoms with van der Waals surface area (Å²) >= 11 is 0. The van der Waals surface area contributed by atoms with E-state index in [0.717, 1.165) is 18.9 Å². The predicted molar refractivity (Wildman–Crippen MR) is 121 cm³/mol. The molecule has 0 atom stereocenters. The molecule has 1 aliphatic rings. The van der Waals surface area contributed by atoms with E-state index in [9.17, 15) is 18.0 Å². The first-order valence-corrected chi connectivity index (χ1v) is 11.2. The molecule has 11 heteroatoms. The van der Waals surface area contributed by atoms with Gasteiger partial charge in [0.25, 0.3) is 0 Å². The number of benzene rings is 1. The Bertz CT molecular complexity index is 994. The zero-order valence-electron chi connectivity index (χ0n) is 19.8. The van der Waals surface area contributed by atoms with Crippen LogP contribution in [0.15, 0.2) is 24.5 Å². The quantitative estimate of drug-likeness (QED) is 0.435. The molecular formula is C23H30F3N5O3. The summed E-state index contributed by atoms with van der Waals surface area (Å²) in [6, 6.07) is 2.86. The number of nitrogens with zero attached hydrogens (tertiary/aromatic N) is 4. The Kier molecular flexibility index (Phi) is 8.19. The van der Waals surface area contributed by atoms with Crippen molar-refractivity contribution in [1.82, 2.24) is 15.0 Å². The van der Waals surface area contributed by atoms with E-state index in [2.05, 4.69) is 20.2 Å². The minimum atomic E-state index is -1.26. The predicted octanol–water partition coefficient (Wildman–Crippen LogP) is 5.04. The van der Waals surface area contributed by atoms with Crippen molar-refractivity contribution in [2.24, 2.45) is 5.92 Å². The van der Waals surface area contributed by atoms with Gasteiger partial charge in [0.2, 0.25) is 0 Å². The van der Waals surface area contributed by atoms with Gasteiger partial charge in [0.1, 0.15) is 29.4 Å². The number of carbonyl (C=O) groups is 1. The van der Waals surface area contributed by atoms with Crippen molar-refractivity contribution >= 4 is 23.5 Å².